The SMILES string of the molecule is C=C/C(Cl)=C\C=C(/C)CN(C)Cc1cc(Nc2ccc(C)cc2)nc(N)n1. The second-order valence-corrected chi connectivity index (χ2v) is 6.97. The predicted octanol–water partition coefficient (Wildman–Crippen LogP) is 4.80. The maximum atomic E-state index is 5.93. The summed E-state index contributed by atoms with van der Waals surface area (Å²) >= 11 is 5.93. The molecule has 3 N–H and O–H groups in total. The third kappa shape index (κ3) is 7.25. The molecule has 0 fully saturated rings. The summed E-state index contributed by atoms with van der Waals surface area (Å²) in [6, 6.07) is 10.0. The molecule has 0 aliphatic heterocycles. The zero-order valence-corrected chi connectivity index (χ0v) is 16.8. The first-order chi connectivity index (χ1) is 12.9. The molecule has 142 valence electrons. The van der Waals surface area contributed by atoms with E-state index in [9.17, 15) is 0 Å². The van der Waals surface area contributed by atoms with Gasteiger partial charge in [0.05, 0.1) is 5.69 Å². The summed E-state index contributed by atoms with van der Waals surface area (Å²) < 4.78 is 0. The van der Waals surface area contributed by atoms with E-state index in [0.29, 0.717) is 17.4 Å². The minimum atomic E-state index is 0.253. The molecule has 0 saturated heterocycles. The number of allylic oxidation sites excluding steroid dienone is 4. The Kier molecular flexibility index (Phi) is 7.58. The maximum absolute atomic E-state index is 5.93. The molecule has 6 heteroatoms. The number of hydrogen-bond donors (Lipinski definition) is 2. The molecule has 0 atom stereocenters. The summed E-state index contributed by atoms with van der Waals surface area (Å²) in [5.74, 6) is 0.936. The van der Waals surface area contributed by atoms with E-state index in [1.165, 1.54) is 11.1 Å². The predicted molar refractivity (Wildman–Crippen MR) is 115 cm³/mol. The number of nitrogens with zero attached hydrogens (tertiary/aromatic N) is 3. The first-order valence-corrected chi connectivity index (χ1v) is 9.04. The number of anilines is 3. The third-order valence-corrected chi connectivity index (χ3v) is 4.07. The fourth-order valence-corrected chi connectivity index (χ4v) is 2.61. The highest BCUT2D eigenvalue weighted by atomic mass is 35.5. The number of nitrogens with two attached hydrogens (primary N) is 1. The van der Waals surface area contributed by atoms with Crippen molar-refractivity contribution in [2.24, 2.45) is 0 Å². The molecule has 0 aliphatic rings. The zero-order chi connectivity index (χ0) is 19.8. The lowest BCUT2D eigenvalue weighted by molar-refractivity contribution is 0.350. The van der Waals surface area contributed by atoms with E-state index >= 15 is 0 Å². The van der Waals surface area contributed by atoms with Gasteiger partial charge in [0.1, 0.15) is 5.82 Å². The second kappa shape index (κ2) is 9.90. The molecular weight excluding hydrogens is 358 g/mol. The Morgan fingerprint density at radius 2 is 1.96 bits per heavy atom. The number of hydrogen-bond acceptors (Lipinski definition) is 5. The van der Waals surface area contributed by atoms with E-state index < -0.39 is 0 Å². The fraction of sp³-hybridized carbons (Fsp3) is 0.238. The minimum absolute atomic E-state index is 0.253. The van der Waals surface area contributed by atoms with Gasteiger partial charge in [-0.2, -0.15) is 4.98 Å². The molecule has 1 aromatic heterocycles. The van der Waals surface area contributed by atoms with E-state index in [4.69, 9.17) is 17.3 Å². The van der Waals surface area contributed by atoms with E-state index in [-0.39, 0.29) is 5.95 Å². The lowest BCUT2D eigenvalue weighted by atomic mass is 10.2. The monoisotopic (exact) mass is 383 g/mol. The van der Waals surface area contributed by atoms with Gasteiger partial charge in [-0.3, -0.25) is 4.90 Å². The van der Waals surface area contributed by atoms with E-state index in [1.54, 1.807) is 6.08 Å². The summed E-state index contributed by atoms with van der Waals surface area (Å²) in [5, 5.41) is 3.89. The van der Waals surface area contributed by atoms with Crippen molar-refractivity contribution in [1.82, 2.24) is 14.9 Å². The standard InChI is InChI=1S/C21H26ClN5/c1-5-17(22)9-6-16(3)13-27(4)14-19-12-20(26-21(23)25-19)24-18-10-7-15(2)8-11-18/h5-12H,1,13-14H2,2-4H3,(H3,23,24,25,26)/b16-6+,17-9+. The quantitative estimate of drug-likeness (QED) is 0.641. The average molecular weight is 384 g/mol. The van der Waals surface area contributed by atoms with E-state index in [1.807, 2.05) is 49.5 Å². The van der Waals surface area contributed by atoms with E-state index in [2.05, 4.69) is 40.6 Å². The second-order valence-electron chi connectivity index (χ2n) is 6.53. The van der Waals surface area contributed by atoms with Crippen LogP contribution in [0.2, 0.25) is 0 Å². The normalized spacial score (nSPS) is 12.3. The Morgan fingerprint density at radius 1 is 1.26 bits per heavy atom. The maximum Gasteiger partial charge on any atom is 0.222 e. The van der Waals surface area contributed by atoms with Crippen LogP contribution in [0.1, 0.15) is 18.2 Å². The lowest BCUT2D eigenvalue weighted by Gasteiger charge is -2.17. The molecule has 0 saturated carbocycles. The van der Waals surface area contributed by atoms with Crippen LogP contribution < -0.4 is 11.1 Å². The van der Waals surface area contributed by atoms with Crippen molar-refractivity contribution in [3.05, 3.63) is 77.0 Å². The third-order valence-electron chi connectivity index (χ3n) is 3.79. The fourth-order valence-electron chi connectivity index (χ4n) is 2.55. The number of aromatic nitrogens is 2. The van der Waals surface area contributed by atoms with Crippen LogP contribution in [0.25, 0.3) is 0 Å². The lowest BCUT2D eigenvalue weighted by Crippen LogP contribution is -2.21. The average Bonchev–Trinajstić information content (AvgIpc) is 2.61. The van der Waals surface area contributed by atoms with Crippen molar-refractivity contribution in [3.8, 4) is 0 Å². The summed E-state index contributed by atoms with van der Waals surface area (Å²) in [6.45, 7) is 9.17. The van der Waals surface area contributed by atoms with Crippen LogP contribution >= 0.6 is 11.6 Å². The molecule has 0 amide bonds. The molecule has 5 nitrogen and oxygen atoms in total. The van der Waals surface area contributed by atoms with Crippen LogP contribution in [0.5, 0.6) is 0 Å². The van der Waals surface area contributed by atoms with Crippen LogP contribution in [0.4, 0.5) is 17.5 Å². The zero-order valence-electron chi connectivity index (χ0n) is 16.0. The Bertz CT molecular complexity index is 840. The first kappa shape index (κ1) is 20.7. The molecule has 0 radical (unpaired) electrons. The van der Waals surface area contributed by atoms with Crippen molar-refractivity contribution in [2.75, 3.05) is 24.6 Å². The van der Waals surface area contributed by atoms with Crippen molar-refractivity contribution in [2.45, 2.75) is 20.4 Å². The van der Waals surface area contributed by atoms with Crippen molar-refractivity contribution in [3.63, 3.8) is 0 Å². The molecule has 0 spiro atoms. The Hall–Kier alpha value is -2.63. The topological polar surface area (TPSA) is 67.1 Å². The van der Waals surface area contributed by atoms with Crippen LogP contribution in [0, 0.1) is 6.92 Å². The van der Waals surface area contributed by atoms with Crippen LogP contribution in [-0.4, -0.2) is 28.5 Å². The van der Waals surface area contributed by atoms with Crippen LogP contribution in [0.3, 0.4) is 0 Å². The Labute approximate surface area is 166 Å². The number of benzene rings is 1. The van der Waals surface area contributed by atoms with Crippen molar-refractivity contribution >= 4 is 29.1 Å². The number of nitrogens with one attached hydrogen (secondary N) is 1. The molecule has 0 unspecified atom stereocenters. The molecule has 2 rings (SSSR count). The minimum Gasteiger partial charge on any atom is -0.368 e. The van der Waals surface area contributed by atoms with Gasteiger partial charge in [-0.1, -0.05) is 53.6 Å². The molecule has 0 bridgehead atoms. The Balaban J connectivity index is 2.04. The molecule has 1 aromatic carbocycles. The van der Waals surface area contributed by atoms with Gasteiger partial charge in [0, 0.05) is 29.9 Å². The largest absolute Gasteiger partial charge is 0.368 e. The molecule has 27 heavy (non-hydrogen) atoms. The Morgan fingerprint density at radius 3 is 2.63 bits per heavy atom. The highest BCUT2D eigenvalue weighted by Crippen LogP contribution is 2.17. The number of rotatable bonds is 8. The first-order valence-electron chi connectivity index (χ1n) is 8.67. The van der Waals surface area contributed by atoms with Crippen molar-refractivity contribution < 1.29 is 0 Å². The van der Waals surface area contributed by atoms with Gasteiger partial charge >= 0.3 is 0 Å². The number of aryl methyl sites for hydroxylation is 1. The van der Waals surface area contributed by atoms with Gasteiger partial charge in [-0.05, 0) is 39.1 Å². The molecular formula is C21H26ClN5. The summed E-state index contributed by atoms with van der Waals surface area (Å²) in [7, 11) is 2.03. The highest BCUT2D eigenvalue weighted by molar-refractivity contribution is 6.31. The highest BCUT2D eigenvalue weighted by Gasteiger charge is 2.07. The van der Waals surface area contributed by atoms with Crippen molar-refractivity contribution in [1.29, 1.82) is 0 Å². The summed E-state index contributed by atoms with van der Waals surface area (Å²) in [4.78, 5) is 10.8. The smallest absolute Gasteiger partial charge is 0.222 e. The number of halogens is 1. The summed E-state index contributed by atoms with van der Waals surface area (Å²) in [6.07, 6.45) is 5.44. The van der Waals surface area contributed by atoms with Gasteiger partial charge in [0.15, 0.2) is 0 Å². The number of likely N-dealkylation sites (N-methyl/N-ethyl adjacent to an activating group) is 1. The van der Waals surface area contributed by atoms with Crippen LogP contribution in [-0.2, 0) is 6.54 Å². The van der Waals surface area contributed by atoms with E-state index in [0.717, 1.165) is 17.9 Å². The summed E-state index contributed by atoms with van der Waals surface area (Å²) in [5.41, 5.74) is 10.1. The molecule has 2 aromatic rings. The number of nitrogen functional groups attached to an aromatic ring is 1. The van der Waals surface area contributed by atoms with Crippen LogP contribution in [0.15, 0.2) is 65.7 Å². The molecule has 1 heterocycles. The van der Waals surface area contributed by atoms with Gasteiger partial charge in [-0.25, -0.2) is 4.98 Å². The van der Waals surface area contributed by atoms with Gasteiger partial charge in [0.2, 0.25) is 5.95 Å². The van der Waals surface area contributed by atoms with Gasteiger partial charge in [0.25, 0.3) is 0 Å². The van der Waals surface area contributed by atoms with Gasteiger partial charge < -0.3 is 11.1 Å². The van der Waals surface area contributed by atoms with Gasteiger partial charge in [-0.15, -0.1) is 0 Å². The molecule has 0 aliphatic carbocycles.